The quantitative estimate of drug-likeness (QED) is 0.793. The van der Waals surface area contributed by atoms with Crippen molar-refractivity contribution in [2.24, 2.45) is 11.8 Å². The van der Waals surface area contributed by atoms with E-state index in [2.05, 4.69) is 6.07 Å². The van der Waals surface area contributed by atoms with Gasteiger partial charge in [-0.15, -0.1) is 0 Å². The van der Waals surface area contributed by atoms with Crippen molar-refractivity contribution in [3.05, 3.63) is 0 Å². The molecule has 2 rings (SSSR count). The lowest BCUT2D eigenvalue weighted by Gasteiger charge is -2.41. The highest BCUT2D eigenvalue weighted by Crippen LogP contribution is 2.44. The molecule has 20 heavy (non-hydrogen) atoms. The zero-order valence-electron chi connectivity index (χ0n) is 12.3. The van der Waals surface area contributed by atoms with Crippen molar-refractivity contribution >= 4 is 0 Å². The Balaban J connectivity index is 2.04. The first kappa shape index (κ1) is 15.7. The minimum absolute atomic E-state index is 0.0137. The van der Waals surface area contributed by atoms with Gasteiger partial charge in [-0.1, -0.05) is 6.92 Å². The summed E-state index contributed by atoms with van der Waals surface area (Å²) in [6.45, 7) is 3.85. The van der Waals surface area contributed by atoms with Gasteiger partial charge in [0.05, 0.1) is 31.0 Å². The zero-order valence-corrected chi connectivity index (χ0v) is 12.3. The van der Waals surface area contributed by atoms with E-state index in [4.69, 9.17) is 14.7 Å². The third kappa shape index (κ3) is 2.99. The molecule has 3 unspecified atom stereocenters. The molecule has 5 heteroatoms. The minimum atomic E-state index is -0.647. The Morgan fingerprint density at radius 3 is 2.70 bits per heavy atom. The Kier molecular flexibility index (Phi) is 5.03. The zero-order chi connectivity index (χ0) is 14.8. The second-order valence-corrected chi connectivity index (χ2v) is 6.33. The van der Waals surface area contributed by atoms with Crippen molar-refractivity contribution in [3.63, 3.8) is 0 Å². The largest absolute Gasteiger partial charge is 0.396 e. The van der Waals surface area contributed by atoms with Gasteiger partial charge in [0, 0.05) is 24.9 Å². The smallest absolute Gasteiger partial charge is 0.120 e. The minimum Gasteiger partial charge on any atom is -0.396 e. The lowest BCUT2D eigenvalue weighted by molar-refractivity contribution is -0.185. The maximum atomic E-state index is 9.80. The number of hydrogen-bond acceptors (Lipinski definition) is 5. The van der Waals surface area contributed by atoms with Gasteiger partial charge in [0.2, 0.25) is 0 Å². The molecular weight excluding hydrogens is 258 g/mol. The molecule has 0 bridgehead atoms. The highest BCUT2D eigenvalue weighted by Gasteiger charge is 2.53. The number of aliphatic hydroxyl groups is 2. The second-order valence-electron chi connectivity index (χ2n) is 6.33. The molecule has 114 valence electrons. The Labute approximate surface area is 120 Å². The predicted molar refractivity (Wildman–Crippen MR) is 72.8 cm³/mol. The molecule has 2 aliphatic rings. The first-order valence-corrected chi connectivity index (χ1v) is 7.49. The van der Waals surface area contributed by atoms with E-state index >= 15 is 0 Å². The summed E-state index contributed by atoms with van der Waals surface area (Å²) < 4.78 is 12.1. The van der Waals surface area contributed by atoms with E-state index in [0.29, 0.717) is 12.8 Å². The fourth-order valence-electron chi connectivity index (χ4n) is 3.31. The first-order valence-electron chi connectivity index (χ1n) is 7.49. The summed E-state index contributed by atoms with van der Waals surface area (Å²) in [5.41, 5.74) is -0.647. The summed E-state index contributed by atoms with van der Waals surface area (Å²) in [4.78, 5) is 0. The van der Waals surface area contributed by atoms with Crippen LogP contribution in [-0.2, 0) is 9.47 Å². The topological polar surface area (TPSA) is 82.7 Å². The van der Waals surface area contributed by atoms with Gasteiger partial charge in [0.1, 0.15) is 5.60 Å². The molecule has 0 aromatic carbocycles. The third-order valence-electron chi connectivity index (χ3n) is 4.65. The third-order valence-corrected chi connectivity index (χ3v) is 4.65. The van der Waals surface area contributed by atoms with E-state index in [0.717, 1.165) is 12.8 Å². The number of rotatable bonds is 5. The summed E-state index contributed by atoms with van der Waals surface area (Å²) in [5.74, 6) is 0.00545. The van der Waals surface area contributed by atoms with Gasteiger partial charge in [0.25, 0.3) is 0 Å². The number of nitriles is 1. The van der Waals surface area contributed by atoms with E-state index in [1.54, 1.807) is 0 Å². The summed E-state index contributed by atoms with van der Waals surface area (Å²) >= 11 is 0. The van der Waals surface area contributed by atoms with Gasteiger partial charge in [-0.3, -0.25) is 0 Å². The summed E-state index contributed by atoms with van der Waals surface area (Å²) in [6.07, 6.45) is 2.87. The number of nitrogens with zero attached hydrogens (tertiary/aromatic N) is 1. The molecule has 0 aromatic rings. The monoisotopic (exact) mass is 283 g/mol. The van der Waals surface area contributed by atoms with Crippen LogP contribution < -0.4 is 0 Å². The van der Waals surface area contributed by atoms with Gasteiger partial charge < -0.3 is 19.7 Å². The molecular formula is C15H25NO4. The number of fused-ring (bicyclic) bond motifs is 1. The molecule has 0 radical (unpaired) electrons. The summed E-state index contributed by atoms with van der Waals surface area (Å²) in [5, 5.41) is 28.0. The van der Waals surface area contributed by atoms with Gasteiger partial charge in [-0.05, 0) is 26.2 Å². The molecule has 0 aromatic heterocycles. The van der Waals surface area contributed by atoms with Gasteiger partial charge in [-0.2, -0.15) is 5.26 Å². The summed E-state index contributed by atoms with van der Waals surface area (Å²) in [6, 6.07) is 2.23. The van der Waals surface area contributed by atoms with Crippen LogP contribution in [0.4, 0.5) is 0 Å². The lowest BCUT2D eigenvalue weighted by Crippen LogP contribution is -2.51. The molecule has 2 saturated heterocycles. The van der Waals surface area contributed by atoms with Crippen LogP contribution in [0.15, 0.2) is 0 Å². The predicted octanol–water partition coefficient (Wildman–Crippen LogP) is 1.23. The normalized spacial score (nSPS) is 39.9. The number of hydrogen-bond donors (Lipinski definition) is 2. The number of ether oxygens (including phenoxy) is 2. The fraction of sp³-hybridized carbons (Fsp3) is 0.933. The molecule has 2 N–H and O–H groups in total. The van der Waals surface area contributed by atoms with Crippen LogP contribution in [0, 0.1) is 23.2 Å². The van der Waals surface area contributed by atoms with E-state index in [-0.39, 0.29) is 43.4 Å². The highest BCUT2D eigenvalue weighted by molar-refractivity contribution is 5.02. The molecule has 6 atom stereocenters. The van der Waals surface area contributed by atoms with E-state index < -0.39 is 5.60 Å². The fourth-order valence-corrected chi connectivity index (χ4v) is 3.31. The average Bonchev–Trinajstić information content (AvgIpc) is 2.85. The molecule has 2 heterocycles. The Hall–Kier alpha value is -0.670. The van der Waals surface area contributed by atoms with Crippen LogP contribution in [0.1, 0.15) is 39.5 Å². The standard InChI is InChI=1S/C15H25NO4/c1-10(7-16)5-12-3-4-14-15(9-18,20-12)6-13(19-14)11(2)8-17/h10-14,17-18H,3-6,8-9H2,1-2H3/t10-,11-,12?,13-,14?,15?/m1/s1. The van der Waals surface area contributed by atoms with Crippen molar-refractivity contribution in [1.82, 2.24) is 0 Å². The Bertz CT molecular complexity index is 369. The van der Waals surface area contributed by atoms with Crippen molar-refractivity contribution in [2.45, 2.75) is 63.4 Å². The molecule has 0 aliphatic carbocycles. The van der Waals surface area contributed by atoms with E-state index in [1.165, 1.54) is 0 Å². The molecule has 0 spiro atoms. The van der Waals surface area contributed by atoms with Crippen LogP contribution in [0.25, 0.3) is 0 Å². The average molecular weight is 283 g/mol. The lowest BCUT2D eigenvalue weighted by atomic mass is 9.84. The maximum absolute atomic E-state index is 9.80. The molecule has 2 aliphatic heterocycles. The van der Waals surface area contributed by atoms with Crippen molar-refractivity contribution in [3.8, 4) is 6.07 Å². The highest BCUT2D eigenvalue weighted by atomic mass is 16.6. The Morgan fingerprint density at radius 1 is 1.35 bits per heavy atom. The van der Waals surface area contributed by atoms with Crippen molar-refractivity contribution in [2.75, 3.05) is 13.2 Å². The van der Waals surface area contributed by atoms with Crippen LogP contribution in [0.5, 0.6) is 0 Å². The maximum Gasteiger partial charge on any atom is 0.120 e. The van der Waals surface area contributed by atoms with Crippen LogP contribution in [-0.4, -0.2) is 47.3 Å². The van der Waals surface area contributed by atoms with Gasteiger partial charge in [-0.25, -0.2) is 0 Å². The van der Waals surface area contributed by atoms with E-state index in [1.807, 2.05) is 13.8 Å². The molecule has 2 fully saturated rings. The van der Waals surface area contributed by atoms with Crippen molar-refractivity contribution < 1.29 is 19.7 Å². The van der Waals surface area contributed by atoms with Gasteiger partial charge >= 0.3 is 0 Å². The second kappa shape index (κ2) is 6.40. The van der Waals surface area contributed by atoms with E-state index in [9.17, 15) is 10.2 Å². The van der Waals surface area contributed by atoms with Crippen LogP contribution in [0.3, 0.4) is 0 Å². The first-order chi connectivity index (χ1) is 9.54. The molecule has 0 amide bonds. The Morgan fingerprint density at radius 2 is 2.10 bits per heavy atom. The van der Waals surface area contributed by atoms with Gasteiger partial charge in [0.15, 0.2) is 0 Å². The molecule has 0 saturated carbocycles. The van der Waals surface area contributed by atoms with Crippen molar-refractivity contribution in [1.29, 1.82) is 5.26 Å². The SMILES string of the molecule is C[C@H](CO)[C@H]1CC2(CO)OC(C[C@@H](C)C#N)CCC2O1. The van der Waals surface area contributed by atoms with Crippen LogP contribution in [0.2, 0.25) is 0 Å². The van der Waals surface area contributed by atoms with Crippen LogP contribution >= 0.6 is 0 Å². The molecule has 5 nitrogen and oxygen atoms in total. The summed E-state index contributed by atoms with van der Waals surface area (Å²) in [7, 11) is 0. The number of aliphatic hydroxyl groups excluding tert-OH is 2.